The normalized spacial score (nSPS) is 20.1. The van der Waals surface area contributed by atoms with Gasteiger partial charge >= 0.3 is 0 Å². The Labute approximate surface area is 146 Å². The van der Waals surface area contributed by atoms with Gasteiger partial charge in [0.25, 0.3) is 0 Å². The zero-order valence-electron chi connectivity index (χ0n) is 14.2. The van der Waals surface area contributed by atoms with E-state index in [-0.39, 0.29) is 23.7 Å². The third kappa shape index (κ3) is 4.14. The Hall–Kier alpha value is -2.47. The number of anilines is 1. The van der Waals surface area contributed by atoms with E-state index in [2.05, 4.69) is 10.3 Å². The molecule has 0 unspecified atom stereocenters. The summed E-state index contributed by atoms with van der Waals surface area (Å²) in [5.41, 5.74) is 7.49. The predicted octanol–water partition coefficient (Wildman–Crippen LogP) is 3.35. The SMILES string of the molecule is COc1cc(F)ccc1-c1ccnc(NC(=O)[C@@H]2CCC[C@H](N)C2)c1. The van der Waals surface area contributed by atoms with Crippen LogP contribution < -0.4 is 15.8 Å². The lowest BCUT2D eigenvalue weighted by Gasteiger charge is -2.25. The van der Waals surface area contributed by atoms with Crippen molar-refractivity contribution in [3.63, 3.8) is 0 Å². The molecule has 1 fully saturated rings. The van der Waals surface area contributed by atoms with Crippen LogP contribution in [0.2, 0.25) is 0 Å². The summed E-state index contributed by atoms with van der Waals surface area (Å²) in [6.07, 6.45) is 5.12. The van der Waals surface area contributed by atoms with Crippen molar-refractivity contribution in [2.24, 2.45) is 11.7 Å². The van der Waals surface area contributed by atoms with E-state index in [1.807, 2.05) is 0 Å². The van der Waals surface area contributed by atoms with Gasteiger partial charge in [-0.25, -0.2) is 9.37 Å². The highest BCUT2D eigenvalue weighted by atomic mass is 19.1. The minimum atomic E-state index is -0.364. The molecule has 0 aliphatic heterocycles. The molecule has 1 heterocycles. The summed E-state index contributed by atoms with van der Waals surface area (Å²) < 4.78 is 18.6. The van der Waals surface area contributed by atoms with Crippen LogP contribution in [0.4, 0.5) is 10.2 Å². The van der Waals surface area contributed by atoms with E-state index in [1.54, 1.807) is 24.4 Å². The molecule has 0 spiro atoms. The number of pyridine rings is 1. The average Bonchev–Trinajstić information content (AvgIpc) is 2.61. The highest BCUT2D eigenvalue weighted by Crippen LogP contribution is 2.31. The number of halogens is 1. The van der Waals surface area contributed by atoms with Gasteiger partial charge in [-0.3, -0.25) is 4.79 Å². The maximum Gasteiger partial charge on any atom is 0.228 e. The minimum Gasteiger partial charge on any atom is -0.496 e. The van der Waals surface area contributed by atoms with Crippen molar-refractivity contribution in [3.05, 3.63) is 42.3 Å². The molecule has 2 atom stereocenters. The van der Waals surface area contributed by atoms with E-state index >= 15 is 0 Å². The summed E-state index contributed by atoms with van der Waals surface area (Å²) in [4.78, 5) is 16.7. The molecule has 0 bridgehead atoms. The highest BCUT2D eigenvalue weighted by molar-refractivity contribution is 5.92. The molecule has 1 saturated carbocycles. The summed E-state index contributed by atoms with van der Waals surface area (Å²) in [6.45, 7) is 0. The highest BCUT2D eigenvalue weighted by Gasteiger charge is 2.25. The molecule has 6 heteroatoms. The van der Waals surface area contributed by atoms with Gasteiger partial charge in [0.05, 0.1) is 7.11 Å². The standard InChI is InChI=1S/C19H22FN3O2/c1-25-17-11-14(20)5-6-16(17)12-7-8-22-18(10-12)23-19(24)13-3-2-4-15(21)9-13/h5-8,10-11,13,15H,2-4,9,21H2,1H3,(H,22,23,24)/t13-,15+/m1/s1. The molecule has 1 aliphatic rings. The lowest BCUT2D eigenvalue weighted by Crippen LogP contribution is -2.34. The van der Waals surface area contributed by atoms with Crippen LogP contribution in [0.3, 0.4) is 0 Å². The van der Waals surface area contributed by atoms with Gasteiger partial charge in [0.15, 0.2) is 0 Å². The number of carbonyl (C=O) groups is 1. The Morgan fingerprint density at radius 1 is 1.32 bits per heavy atom. The fourth-order valence-electron chi connectivity index (χ4n) is 3.26. The molecule has 25 heavy (non-hydrogen) atoms. The summed E-state index contributed by atoms with van der Waals surface area (Å²) in [7, 11) is 1.49. The van der Waals surface area contributed by atoms with E-state index in [1.165, 1.54) is 19.2 Å². The van der Waals surface area contributed by atoms with E-state index in [0.717, 1.165) is 30.4 Å². The zero-order valence-corrected chi connectivity index (χ0v) is 14.2. The monoisotopic (exact) mass is 343 g/mol. The fraction of sp³-hybridized carbons (Fsp3) is 0.368. The maximum atomic E-state index is 13.4. The number of amides is 1. The summed E-state index contributed by atoms with van der Waals surface area (Å²) >= 11 is 0. The first-order valence-corrected chi connectivity index (χ1v) is 8.43. The number of nitrogens with two attached hydrogens (primary N) is 1. The van der Waals surface area contributed by atoms with Crippen LogP contribution in [0.15, 0.2) is 36.5 Å². The van der Waals surface area contributed by atoms with Gasteiger partial charge in [-0.05, 0) is 49.1 Å². The Kier molecular flexibility index (Phi) is 5.28. The van der Waals surface area contributed by atoms with Gasteiger partial charge < -0.3 is 15.8 Å². The topological polar surface area (TPSA) is 77.2 Å². The van der Waals surface area contributed by atoms with Gasteiger partial charge in [0.1, 0.15) is 17.4 Å². The van der Waals surface area contributed by atoms with Gasteiger partial charge in [-0.2, -0.15) is 0 Å². The molecular formula is C19H22FN3O2. The number of hydrogen-bond acceptors (Lipinski definition) is 4. The molecule has 3 N–H and O–H groups in total. The quantitative estimate of drug-likeness (QED) is 0.892. The number of ether oxygens (including phenoxy) is 1. The molecule has 2 aromatic rings. The van der Waals surface area contributed by atoms with E-state index in [9.17, 15) is 9.18 Å². The second-order valence-electron chi connectivity index (χ2n) is 6.39. The van der Waals surface area contributed by atoms with E-state index < -0.39 is 0 Å². The van der Waals surface area contributed by atoms with Crippen molar-refractivity contribution in [2.45, 2.75) is 31.7 Å². The van der Waals surface area contributed by atoms with Gasteiger partial charge in [0, 0.05) is 29.8 Å². The average molecular weight is 343 g/mol. The fourth-order valence-corrected chi connectivity index (χ4v) is 3.26. The molecule has 1 aromatic carbocycles. The number of hydrogen-bond donors (Lipinski definition) is 2. The van der Waals surface area contributed by atoms with Crippen molar-refractivity contribution < 1.29 is 13.9 Å². The van der Waals surface area contributed by atoms with Crippen LogP contribution in [0.25, 0.3) is 11.1 Å². The van der Waals surface area contributed by atoms with E-state index in [0.29, 0.717) is 18.0 Å². The van der Waals surface area contributed by atoms with Gasteiger partial charge in [-0.1, -0.05) is 6.42 Å². The number of carbonyl (C=O) groups excluding carboxylic acids is 1. The minimum absolute atomic E-state index is 0.0501. The molecule has 1 amide bonds. The van der Waals surface area contributed by atoms with Crippen LogP contribution in [0.1, 0.15) is 25.7 Å². The van der Waals surface area contributed by atoms with Crippen molar-refractivity contribution in [1.29, 1.82) is 0 Å². The molecule has 0 radical (unpaired) electrons. The van der Waals surface area contributed by atoms with Crippen LogP contribution in [-0.4, -0.2) is 24.0 Å². The molecule has 132 valence electrons. The summed E-state index contributed by atoms with van der Waals surface area (Å²) in [5, 5.41) is 2.87. The van der Waals surface area contributed by atoms with Crippen LogP contribution >= 0.6 is 0 Å². The number of methoxy groups -OCH3 is 1. The third-order valence-corrected chi connectivity index (χ3v) is 4.57. The smallest absolute Gasteiger partial charge is 0.228 e. The Bertz CT molecular complexity index is 766. The maximum absolute atomic E-state index is 13.4. The molecule has 0 saturated heterocycles. The molecule has 1 aliphatic carbocycles. The van der Waals surface area contributed by atoms with Crippen molar-refractivity contribution in [2.75, 3.05) is 12.4 Å². The number of nitrogens with one attached hydrogen (secondary N) is 1. The van der Waals surface area contributed by atoms with Crippen molar-refractivity contribution in [1.82, 2.24) is 4.98 Å². The first kappa shape index (κ1) is 17.4. The Balaban J connectivity index is 1.79. The zero-order chi connectivity index (χ0) is 17.8. The number of benzene rings is 1. The molecule has 1 aromatic heterocycles. The van der Waals surface area contributed by atoms with Gasteiger partial charge in [-0.15, -0.1) is 0 Å². The number of aromatic nitrogens is 1. The second-order valence-corrected chi connectivity index (χ2v) is 6.39. The van der Waals surface area contributed by atoms with Crippen LogP contribution in [0, 0.1) is 11.7 Å². The molecule has 5 nitrogen and oxygen atoms in total. The Morgan fingerprint density at radius 3 is 2.92 bits per heavy atom. The number of rotatable bonds is 4. The predicted molar refractivity (Wildman–Crippen MR) is 94.7 cm³/mol. The lowest BCUT2D eigenvalue weighted by molar-refractivity contribution is -0.120. The van der Waals surface area contributed by atoms with Crippen LogP contribution in [0.5, 0.6) is 5.75 Å². The first-order valence-electron chi connectivity index (χ1n) is 8.43. The van der Waals surface area contributed by atoms with E-state index in [4.69, 9.17) is 10.5 Å². The third-order valence-electron chi connectivity index (χ3n) is 4.57. The number of nitrogens with zero attached hydrogens (tertiary/aromatic N) is 1. The first-order chi connectivity index (χ1) is 12.1. The second kappa shape index (κ2) is 7.61. The van der Waals surface area contributed by atoms with Crippen LogP contribution in [-0.2, 0) is 4.79 Å². The van der Waals surface area contributed by atoms with Crippen molar-refractivity contribution in [3.8, 4) is 16.9 Å². The largest absolute Gasteiger partial charge is 0.496 e. The summed E-state index contributed by atoms with van der Waals surface area (Å²) in [5.74, 6) is 0.409. The summed E-state index contributed by atoms with van der Waals surface area (Å²) in [6, 6.07) is 8.00. The lowest BCUT2D eigenvalue weighted by atomic mass is 9.85. The van der Waals surface area contributed by atoms with Crippen molar-refractivity contribution >= 4 is 11.7 Å². The van der Waals surface area contributed by atoms with Gasteiger partial charge in [0.2, 0.25) is 5.91 Å². The Morgan fingerprint density at radius 2 is 2.16 bits per heavy atom. The molecular weight excluding hydrogens is 321 g/mol. The molecule has 3 rings (SSSR count).